The number of hydrogen-bond acceptors (Lipinski definition) is 2. The Kier molecular flexibility index (Phi) is 2.00. The molecule has 14 heavy (non-hydrogen) atoms. The van der Waals surface area contributed by atoms with Crippen molar-refractivity contribution >= 4 is 16.7 Å². The SMILES string of the molecule is COc1ccc2[nH]cc(C(C)=O)c2c1. The summed E-state index contributed by atoms with van der Waals surface area (Å²) in [6.45, 7) is 1.56. The Labute approximate surface area is 81.7 Å². The van der Waals surface area contributed by atoms with Gasteiger partial charge in [-0.25, -0.2) is 0 Å². The number of rotatable bonds is 2. The standard InChI is InChI=1S/C11H11NO2/c1-7(13)10-6-12-11-4-3-8(14-2)5-9(10)11/h3-6,12H,1-2H3. The number of ether oxygens (including phenoxy) is 1. The highest BCUT2D eigenvalue weighted by Gasteiger charge is 2.07. The highest BCUT2D eigenvalue weighted by Crippen LogP contribution is 2.23. The quantitative estimate of drug-likeness (QED) is 0.737. The summed E-state index contributed by atoms with van der Waals surface area (Å²) < 4.78 is 5.10. The molecule has 3 nitrogen and oxygen atoms in total. The minimum absolute atomic E-state index is 0.0597. The van der Waals surface area contributed by atoms with Crippen LogP contribution in [-0.4, -0.2) is 17.9 Å². The summed E-state index contributed by atoms with van der Waals surface area (Å²) in [5, 5.41) is 0.914. The number of methoxy groups -OCH3 is 1. The van der Waals surface area contributed by atoms with Crippen LogP contribution in [0.3, 0.4) is 0 Å². The number of aromatic amines is 1. The molecular weight excluding hydrogens is 178 g/mol. The third kappa shape index (κ3) is 1.27. The topological polar surface area (TPSA) is 42.1 Å². The predicted octanol–water partition coefficient (Wildman–Crippen LogP) is 2.38. The Morgan fingerprint density at radius 3 is 2.86 bits per heavy atom. The maximum atomic E-state index is 11.3. The van der Waals surface area contributed by atoms with Gasteiger partial charge in [-0.05, 0) is 25.1 Å². The van der Waals surface area contributed by atoms with E-state index in [-0.39, 0.29) is 5.78 Å². The maximum Gasteiger partial charge on any atom is 0.161 e. The predicted molar refractivity (Wildman–Crippen MR) is 54.9 cm³/mol. The van der Waals surface area contributed by atoms with E-state index in [1.165, 1.54) is 0 Å². The average Bonchev–Trinajstić information content (AvgIpc) is 2.59. The van der Waals surface area contributed by atoms with E-state index in [1.807, 2.05) is 18.2 Å². The Bertz CT molecular complexity index is 485. The Balaban J connectivity index is 2.69. The number of Topliss-reactive ketones (excluding diaryl/α,β-unsaturated/α-hetero) is 1. The molecule has 0 bridgehead atoms. The van der Waals surface area contributed by atoms with E-state index in [0.29, 0.717) is 5.56 Å². The van der Waals surface area contributed by atoms with E-state index in [9.17, 15) is 4.79 Å². The molecule has 1 aromatic heterocycles. The molecule has 1 N–H and O–H groups in total. The molecule has 0 unspecified atom stereocenters. The molecule has 72 valence electrons. The van der Waals surface area contributed by atoms with Crippen molar-refractivity contribution in [1.29, 1.82) is 0 Å². The monoisotopic (exact) mass is 189 g/mol. The lowest BCUT2D eigenvalue weighted by atomic mass is 10.1. The number of H-pyrrole nitrogens is 1. The van der Waals surface area contributed by atoms with Crippen molar-refractivity contribution in [2.24, 2.45) is 0 Å². The van der Waals surface area contributed by atoms with Crippen LogP contribution in [-0.2, 0) is 0 Å². The summed E-state index contributed by atoms with van der Waals surface area (Å²) >= 11 is 0. The molecule has 0 aliphatic heterocycles. The van der Waals surface area contributed by atoms with Crippen molar-refractivity contribution in [2.75, 3.05) is 7.11 Å². The van der Waals surface area contributed by atoms with Crippen LogP contribution in [0.2, 0.25) is 0 Å². The van der Waals surface area contributed by atoms with Gasteiger partial charge in [0.25, 0.3) is 0 Å². The summed E-state index contributed by atoms with van der Waals surface area (Å²) in [7, 11) is 1.61. The minimum atomic E-state index is 0.0597. The molecular formula is C11H11NO2. The van der Waals surface area contributed by atoms with Crippen LogP contribution in [0.15, 0.2) is 24.4 Å². The zero-order valence-electron chi connectivity index (χ0n) is 8.13. The van der Waals surface area contributed by atoms with Crippen LogP contribution in [0.1, 0.15) is 17.3 Å². The third-order valence-corrected chi connectivity index (χ3v) is 2.27. The van der Waals surface area contributed by atoms with E-state index in [1.54, 1.807) is 20.2 Å². The first-order chi connectivity index (χ1) is 6.72. The van der Waals surface area contributed by atoms with Gasteiger partial charge in [-0.15, -0.1) is 0 Å². The largest absolute Gasteiger partial charge is 0.497 e. The van der Waals surface area contributed by atoms with Crippen LogP contribution < -0.4 is 4.74 Å². The van der Waals surface area contributed by atoms with Crippen molar-refractivity contribution in [3.05, 3.63) is 30.0 Å². The summed E-state index contributed by atoms with van der Waals surface area (Å²) in [6.07, 6.45) is 1.73. The zero-order valence-corrected chi connectivity index (χ0v) is 8.13. The molecule has 2 aromatic rings. The number of benzene rings is 1. The van der Waals surface area contributed by atoms with E-state index >= 15 is 0 Å². The summed E-state index contributed by atoms with van der Waals surface area (Å²) in [5.41, 5.74) is 1.66. The fourth-order valence-electron chi connectivity index (χ4n) is 1.52. The fraction of sp³-hybridized carbons (Fsp3) is 0.182. The van der Waals surface area contributed by atoms with Gasteiger partial charge in [0.2, 0.25) is 0 Å². The van der Waals surface area contributed by atoms with Crippen molar-refractivity contribution in [2.45, 2.75) is 6.92 Å². The molecule has 0 amide bonds. The lowest BCUT2D eigenvalue weighted by Crippen LogP contribution is -1.89. The van der Waals surface area contributed by atoms with Gasteiger partial charge in [-0.1, -0.05) is 0 Å². The average molecular weight is 189 g/mol. The van der Waals surface area contributed by atoms with Gasteiger partial charge in [0.05, 0.1) is 7.11 Å². The minimum Gasteiger partial charge on any atom is -0.497 e. The van der Waals surface area contributed by atoms with Crippen molar-refractivity contribution < 1.29 is 9.53 Å². The number of hydrogen-bond donors (Lipinski definition) is 1. The second-order valence-corrected chi connectivity index (χ2v) is 3.17. The highest BCUT2D eigenvalue weighted by atomic mass is 16.5. The fourth-order valence-corrected chi connectivity index (χ4v) is 1.52. The molecule has 0 spiro atoms. The number of aromatic nitrogens is 1. The third-order valence-electron chi connectivity index (χ3n) is 2.27. The summed E-state index contributed by atoms with van der Waals surface area (Å²) in [5.74, 6) is 0.823. The van der Waals surface area contributed by atoms with E-state index in [0.717, 1.165) is 16.7 Å². The first-order valence-electron chi connectivity index (χ1n) is 4.38. The molecule has 0 aliphatic carbocycles. The Morgan fingerprint density at radius 2 is 2.21 bits per heavy atom. The molecule has 2 rings (SSSR count). The molecule has 1 heterocycles. The maximum absolute atomic E-state index is 11.3. The molecule has 0 fully saturated rings. The lowest BCUT2D eigenvalue weighted by molar-refractivity contribution is 0.101. The van der Waals surface area contributed by atoms with Gasteiger partial charge < -0.3 is 9.72 Å². The molecule has 0 saturated carbocycles. The number of fused-ring (bicyclic) bond motifs is 1. The van der Waals surface area contributed by atoms with Crippen LogP contribution in [0.4, 0.5) is 0 Å². The van der Waals surface area contributed by atoms with Gasteiger partial charge in [0, 0.05) is 22.7 Å². The molecule has 0 radical (unpaired) electrons. The number of nitrogens with one attached hydrogen (secondary N) is 1. The number of ketones is 1. The second kappa shape index (κ2) is 3.18. The van der Waals surface area contributed by atoms with Crippen LogP contribution in [0.5, 0.6) is 5.75 Å². The van der Waals surface area contributed by atoms with Gasteiger partial charge >= 0.3 is 0 Å². The molecule has 0 saturated heterocycles. The molecule has 1 aromatic carbocycles. The van der Waals surface area contributed by atoms with Crippen molar-refractivity contribution in [3.63, 3.8) is 0 Å². The molecule has 3 heteroatoms. The van der Waals surface area contributed by atoms with Crippen LogP contribution in [0.25, 0.3) is 10.9 Å². The van der Waals surface area contributed by atoms with Gasteiger partial charge in [-0.2, -0.15) is 0 Å². The van der Waals surface area contributed by atoms with Crippen LogP contribution >= 0.6 is 0 Å². The van der Waals surface area contributed by atoms with Crippen molar-refractivity contribution in [1.82, 2.24) is 4.98 Å². The molecule has 0 atom stereocenters. The summed E-state index contributed by atoms with van der Waals surface area (Å²) in [6, 6.07) is 5.63. The van der Waals surface area contributed by atoms with Crippen LogP contribution in [0, 0.1) is 0 Å². The van der Waals surface area contributed by atoms with Gasteiger partial charge in [0.1, 0.15) is 5.75 Å². The highest BCUT2D eigenvalue weighted by molar-refractivity contribution is 6.06. The first-order valence-corrected chi connectivity index (χ1v) is 4.38. The number of carbonyl (C=O) groups is 1. The van der Waals surface area contributed by atoms with Crippen molar-refractivity contribution in [3.8, 4) is 5.75 Å². The smallest absolute Gasteiger partial charge is 0.161 e. The van der Waals surface area contributed by atoms with E-state index in [2.05, 4.69) is 4.98 Å². The lowest BCUT2D eigenvalue weighted by Gasteiger charge is -1.99. The molecule has 0 aliphatic rings. The zero-order chi connectivity index (χ0) is 10.1. The Morgan fingerprint density at radius 1 is 1.43 bits per heavy atom. The summed E-state index contributed by atoms with van der Waals surface area (Å²) in [4.78, 5) is 14.3. The normalized spacial score (nSPS) is 10.4. The Hall–Kier alpha value is -1.77. The van der Waals surface area contributed by atoms with Gasteiger partial charge in [0.15, 0.2) is 5.78 Å². The second-order valence-electron chi connectivity index (χ2n) is 3.17. The van der Waals surface area contributed by atoms with Gasteiger partial charge in [-0.3, -0.25) is 4.79 Å². The van der Waals surface area contributed by atoms with E-state index in [4.69, 9.17) is 4.74 Å². The van der Waals surface area contributed by atoms with E-state index < -0.39 is 0 Å². The number of carbonyl (C=O) groups excluding carboxylic acids is 1. The first kappa shape index (κ1) is 8.81.